The van der Waals surface area contributed by atoms with E-state index in [1.807, 2.05) is 41.1 Å². The van der Waals surface area contributed by atoms with Crippen molar-refractivity contribution in [2.24, 2.45) is 0 Å². The molecule has 0 bridgehead atoms. The van der Waals surface area contributed by atoms with Gasteiger partial charge < -0.3 is 14.4 Å². The molecule has 0 aromatic carbocycles. The van der Waals surface area contributed by atoms with Crippen molar-refractivity contribution in [2.45, 2.75) is 12.8 Å². The lowest BCUT2D eigenvalue weighted by Crippen LogP contribution is -2.36. The summed E-state index contributed by atoms with van der Waals surface area (Å²) >= 11 is 0. The fraction of sp³-hybridized carbons (Fsp3) is 0.304. The van der Waals surface area contributed by atoms with Crippen LogP contribution in [0.15, 0.2) is 66.6 Å². The van der Waals surface area contributed by atoms with Gasteiger partial charge in [-0.2, -0.15) is 9.61 Å². The topological polar surface area (TPSA) is 77.7 Å². The Hall–Kier alpha value is -3.52. The van der Waals surface area contributed by atoms with Crippen molar-refractivity contribution in [1.29, 1.82) is 0 Å². The molecule has 31 heavy (non-hydrogen) atoms. The molecule has 5 rings (SSSR count). The monoisotopic (exact) mass is 416 g/mol. The minimum absolute atomic E-state index is 0.632. The van der Waals surface area contributed by atoms with Crippen molar-refractivity contribution >= 4 is 11.5 Å². The molecule has 0 radical (unpaired) electrons. The van der Waals surface area contributed by atoms with Gasteiger partial charge in [0.15, 0.2) is 11.5 Å². The van der Waals surface area contributed by atoms with Crippen LogP contribution in [-0.2, 0) is 15.9 Å². The highest BCUT2D eigenvalue weighted by atomic mass is 16.5. The van der Waals surface area contributed by atoms with E-state index in [0.717, 1.165) is 66.8 Å². The molecular formula is C23H24N6O2. The number of pyridine rings is 1. The highest BCUT2D eigenvalue weighted by molar-refractivity contribution is 5.61. The molecule has 3 aromatic heterocycles. The second-order valence-electron chi connectivity index (χ2n) is 7.42. The lowest BCUT2D eigenvalue weighted by atomic mass is 10.1. The van der Waals surface area contributed by atoms with Gasteiger partial charge in [-0.25, -0.2) is 4.98 Å². The number of anilines is 1. The molecule has 2 aliphatic heterocycles. The Balaban J connectivity index is 1.40. The minimum atomic E-state index is 0.632. The van der Waals surface area contributed by atoms with Crippen LogP contribution >= 0.6 is 0 Å². The molecule has 8 heteroatoms. The number of allylic oxidation sites excluding steroid dienone is 4. The van der Waals surface area contributed by atoms with Crippen molar-refractivity contribution in [3.63, 3.8) is 0 Å². The molecule has 3 aromatic rings. The van der Waals surface area contributed by atoms with Crippen LogP contribution in [0.3, 0.4) is 0 Å². The van der Waals surface area contributed by atoms with Gasteiger partial charge in [-0.15, -0.1) is 10.2 Å². The first-order chi connectivity index (χ1) is 15.4. The van der Waals surface area contributed by atoms with E-state index in [1.165, 1.54) is 0 Å². The molecule has 0 spiro atoms. The Morgan fingerprint density at radius 2 is 1.94 bits per heavy atom. The number of hydrogen-bond donors (Lipinski definition) is 0. The lowest BCUT2D eigenvalue weighted by Gasteiger charge is -2.27. The Morgan fingerprint density at radius 1 is 1.00 bits per heavy atom. The predicted molar refractivity (Wildman–Crippen MR) is 118 cm³/mol. The van der Waals surface area contributed by atoms with Crippen molar-refractivity contribution in [3.8, 4) is 11.3 Å². The first-order valence-electron chi connectivity index (χ1n) is 10.5. The van der Waals surface area contributed by atoms with Crippen LogP contribution in [0.5, 0.6) is 0 Å². The number of aromatic nitrogens is 5. The highest BCUT2D eigenvalue weighted by Crippen LogP contribution is 2.21. The summed E-state index contributed by atoms with van der Waals surface area (Å²) in [5, 5.41) is 13.4. The maximum atomic E-state index is 5.42. The van der Waals surface area contributed by atoms with E-state index in [2.05, 4.69) is 38.3 Å². The summed E-state index contributed by atoms with van der Waals surface area (Å²) in [4.78, 5) is 6.88. The molecule has 2 aliphatic rings. The minimum Gasteiger partial charge on any atom is -0.501 e. The largest absolute Gasteiger partial charge is 0.501 e. The normalized spacial score (nSPS) is 20.8. The van der Waals surface area contributed by atoms with E-state index in [1.54, 1.807) is 6.26 Å². The molecule has 8 nitrogen and oxygen atoms in total. The molecule has 0 unspecified atom stereocenters. The summed E-state index contributed by atoms with van der Waals surface area (Å²) in [6, 6.07) is 8.00. The molecular weight excluding hydrogens is 392 g/mol. The quantitative estimate of drug-likeness (QED) is 0.647. The van der Waals surface area contributed by atoms with Crippen LogP contribution in [0.25, 0.3) is 16.9 Å². The van der Waals surface area contributed by atoms with Crippen molar-refractivity contribution < 1.29 is 9.47 Å². The zero-order chi connectivity index (χ0) is 20.9. The average molecular weight is 416 g/mol. The summed E-state index contributed by atoms with van der Waals surface area (Å²) in [6.07, 6.45) is 13.3. The van der Waals surface area contributed by atoms with E-state index >= 15 is 0 Å². The second-order valence-corrected chi connectivity index (χ2v) is 7.42. The van der Waals surface area contributed by atoms with Gasteiger partial charge in [-0.3, -0.25) is 0 Å². The first kappa shape index (κ1) is 19.4. The predicted octanol–water partition coefficient (Wildman–Crippen LogP) is 2.98. The first-order valence-corrected chi connectivity index (χ1v) is 10.5. The van der Waals surface area contributed by atoms with Crippen LogP contribution < -0.4 is 4.90 Å². The van der Waals surface area contributed by atoms with Gasteiger partial charge >= 0.3 is 0 Å². The van der Waals surface area contributed by atoms with E-state index in [-0.39, 0.29) is 0 Å². The average Bonchev–Trinajstić information content (AvgIpc) is 3.28. The summed E-state index contributed by atoms with van der Waals surface area (Å²) in [5.74, 6) is 1.76. The Morgan fingerprint density at radius 3 is 2.81 bits per heavy atom. The highest BCUT2D eigenvalue weighted by Gasteiger charge is 2.14. The van der Waals surface area contributed by atoms with E-state index in [9.17, 15) is 0 Å². The van der Waals surface area contributed by atoms with Crippen LogP contribution in [0.1, 0.15) is 12.2 Å². The number of ether oxygens (including phenoxy) is 2. The van der Waals surface area contributed by atoms with Crippen LogP contribution in [0, 0.1) is 0 Å². The standard InChI is InChI=1S/C23H24N6O2/c1-2-12-30-13-3-5-18(4-1)16-23-26-25-22-9-7-20(27-29(22)23)19-6-8-21(24-17-19)28-10-14-31-15-11-28/h1,3-9,13,17H,2,10-12,14-16H2/b4-1+,13-3+,18-5+. The molecule has 0 atom stereocenters. The van der Waals surface area contributed by atoms with Crippen molar-refractivity contribution in [3.05, 3.63) is 72.4 Å². The smallest absolute Gasteiger partial charge is 0.177 e. The molecule has 1 fully saturated rings. The molecule has 158 valence electrons. The van der Waals surface area contributed by atoms with Gasteiger partial charge in [0, 0.05) is 31.3 Å². The third-order valence-electron chi connectivity index (χ3n) is 5.29. The Kier molecular flexibility index (Phi) is 5.70. The lowest BCUT2D eigenvalue weighted by molar-refractivity contribution is 0.122. The van der Waals surface area contributed by atoms with Gasteiger partial charge in [0.05, 0.1) is 31.8 Å². The molecule has 0 N–H and O–H groups in total. The zero-order valence-corrected chi connectivity index (χ0v) is 17.2. The summed E-state index contributed by atoms with van der Waals surface area (Å²) in [5.41, 5.74) is 3.64. The van der Waals surface area contributed by atoms with Gasteiger partial charge in [0.25, 0.3) is 0 Å². The van der Waals surface area contributed by atoms with Gasteiger partial charge in [0.1, 0.15) is 5.82 Å². The number of rotatable bonds is 4. The van der Waals surface area contributed by atoms with Crippen LogP contribution in [0.2, 0.25) is 0 Å². The van der Waals surface area contributed by atoms with Gasteiger partial charge in [-0.05, 0) is 42.3 Å². The molecule has 0 saturated carbocycles. The number of fused-ring (bicyclic) bond motifs is 1. The molecule has 0 amide bonds. The second kappa shape index (κ2) is 9.09. The number of hydrogen-bond acceptors (Lipinski definition) is 7. The third kappa shape index (κ3) is 4.49. The molecule has 0 aliphatic carbocycles. The van der Waals surface area contributed by atoms with Gasteiger partial charge in [0.2, 0.25) is 0 Å². The summed E-state index contributed by atoms with van der Waals surface area (Å²) < 4.78 is 12.6. The third-order valence-corrected chi connectivity index (χ3v) is 5.29. The van der Waals surface area contributed by atoms with E-state index < -0.39 is 0 Å². The van der Waals surface area contributed by atoms with Crippen molar-refractivity contribution in [2.75, 3.05) is 37.8 Å². The maximum Gasteiger partial charge on any atom is 0.177 e. The van der Waals surface area contributed by atoms with Crippen LogP contribution in [0.4, 0.5) is 5.82 Å². The maximum absolute atomic E-state index is 5.42. The SMILES string of the molecule is C1=C(Cc2nnc3ccc(-c4ccc(N5CCOCC5)nc4)nn23)\C=C\CCO/C=C/1. The van der Waals surface area contributed by atoms with Gasteiger partial charge in [-0.1, -0.05) is 18.2 Å². The Labute approximate surface area is 180 Å². The number of nitrogens with zero attached hydrogens (tertiary/aromatic N) is 6. The van der Waals surface area contributed by atoms with Crippen molar-refractivity contribution in [1.82, 2.24) is 24.8 Å². The van der Waals surface area contributed by atoms with Crippen LogP contribution in [-0.4, -0.2) is 57.7 Å². The van der Waals surface area contributed by atoms with E-state index in [4.69, 9.17) is 14.6 Å². The summed E-state index contributed by atoms with van der Waals surface area (Å²) in [6.45, 7) is 3.91. The molecule has 5 heterocycles. The zero-order valence-electron chi connectivity index (χ0n) is 17.2. The van der Waals surface area contributed by atoms with E-state index in [0.29, 0.717) is 13.0 Å². The Bertz CT molecular complexity index is 1130. The molecule has 1 saturated heterocycles. The number of morpholine rings is 1. The fourth-order valence-electron chi connectivity index (χ4n) is 3.63. The summed E-state index contributed by atoms with van der Waals surface area (Å²) in [7, 11) is 0. The fourth-order valence-corrected chi connectivity index (χ4v) is 3.63.